The lowest BCUT2D eigenvalue weighted by atomic mass is 9.92. The summed E-state index contributed by atoms with van der Waals surface area (Å²) in [5.74, 6) is -4.29. The summed E-state index contributed by atoms with van der Waals surface area (Å²) in [6, 6.07) is 3.32. The minimum Gasteiger partial charge on any atom is -0.471 e. The molecule has 2 aromatic heterocycles. The molecule has 1 N–H and O–H groups in total. The van der Waals surface area contributed by atoms with Crippen molar-refractivity contribution in [2.45, 2.75) is 50.6 Å². The molecular formula is C23H21F6N5O3. The summed E-state index contributed by atoms with van der Waals surface area (Å²) in [7, 11) is 0. The number of aromatic nitrogens is 4. The van der Waals surface area contributed by atoms with Gasteiger partial charge in [0.15, 0.2) is 0 Å². The molecule has 0 bridgehead atoms. The Hall–Kier alpha value is -3.42. The van der Waals surface area contributed by atoms with Crippen LogP contribution in [0, 0.1) is 5.41 Å². The summed E-state index contributed by atoms with van der Waals surface area (Å²) in [4.78, 5) is 24.6. The average molecular weight is 529 g/mol. The highest BCUT2D eigenvalue weighted by Gasteiger charge is 2.52. The molecule has 1 aliphatic carbocycles. The number of halogens is 6. The van der Waals surface area contributed by atoms with Gasteiger partial charge in [-0.1, -0.05) is 10.9 Å². The first-order valence-corrected chi connectivity index (χ1v) is 11.5. The lowest BCUT2D eigenvalue weighted by molar-refractivity contribution is -0.200. The Labute approximate surface area is 205 Å². The number of fused-ring (bicyclic) bond motifs is 1. The van der Waals surface area contributed by atoms with Gasteiger partial charge in [-0.3, -0.25) is 4.98 Å². The normalized spacial score (nSPS) is 20.1. The molecule has 5 rings (SSSR count). The fourth-order valence-electron chi connectivity index (χ4n) is 4.47. The average Bonchev–Trinajstić information content (AvgIpc) is 3.52. The molecule has 2 aliphatic rings. The molecule has 1 saturated carbocycles. The standard InChI is InChI=1S/C23H21F6N5O3/c1-12(22(24,25)26)13-2-3-16-14(8-13)19(33-34(16)37-20(35)23(27,28)29)15-9-31-11-18(32-15)36-17-10-30-7-6-21(17)4-5-21/h2-3,8-9,11-12,17,30H,4-7,10H2,1H3/t12?,17-/m0/s1. The van der Waals surface area contributed by atoms with Crippen LogP contribution in [-0.2, 0) is 4.79 Å². The van der Waals surface area contributed by atoms with Gasteiger partial charge in [0.25, 0.3) is 0 Å². The number of nitrogens with zero attached hydrogens (tertiary/aromatic N) is 4. The van der Waals surface area contributed by atoms with Crippen LogP contribution in [0.2, 0.25) is 0 Å². The van der Waals surface area contributed by atoms with Crippen molar-refractivity contribution in [2.24, 2.45) is 5.41 Å². The van der Waals surface area contributed by atoms with Crippen molar-refractivity contribution in [3.05, 3.63) is 36.2 Å². The van der Waals surface area contributed by atoms with Crippen LogP contribution in [0.4, 0.5) is 26.3 Å². The SMILES string of the molecule is CC(c1ccc2c(c1)c(-c1cncc(O[C@H]3CNCCC34CC4)n1)nn2OC(=O)C(F)(F)F)C(F)(F)F. The molecule has 198 valence electrons. The van der Waals surface area contributed by atoms with Gasteiger partial charge in [-0.2, -0.15) is 26.3 Å². The zero-order valence-electron chi connectivity index (χ0n) is 19.4. The number of rotatable bonds is 5. The van der Waals surface area contributed by atoms with Crippen molar-refractivity contribution in [3.63, 3.8) is 0 Å². The second-order valence-electron chi connectivity index (χ2n) is 9.30. The van der Waals surface area contributed by atoms with Gasteiger partial charge in [0.1, 0.15) is 23.0 Å². The van der Waals surface area contributed by atoms with Crippen LogP contribution in [0.3, 0.4) is 0 Å². The van der Waals surface area contributed by atoms with Crippen LogP contribution in [0.25, 0.3) is 22.3 Å². The zero-order valence-corrected chi connectivity index (χ0v) is 19.4. The first-order chi connectivity index (χ1) is 17.4. The first kappa shape index (κ1) is 25.2. The molecule has 0 radical (unpaired) electrons. The third-order valence-electron chi connectivity index (χ3n) is 6.89. The number of hydrogen-bond acceptors (Lipinski definition) is 7. The van der Waals surface area contributed by atoms with Gasteiger partial charge in [0.2, 0.25) is 5.88 Å². The van der Waals surface area contributed by atoms with E-state index in [1.54, 1.807) is 0 Å². The molecule has 3 aromatic rings. The van der Waals surface area contributed by atoms with Crippen molar-refractivity contribution in [1.29, 1.82) is 0 Å². The summed E-state index contributed by atoms with van der Waals surface area (Å²) < 4.78 is 84.6. The number of piperidine rings is 1. The van der Waals surface area contributed by atoms with Crippen LogP contribution in [0.5, 0.6) is 5.88 Å². The highest BCUT2D eigenvalue weighted by atomic mass is 19.4. The van der Waals surface area contributed by atoms with E-state index in [1.807, 2.05) is 0 Å². The monoisotopic (exact) mass is 529 g/mol. The predicted molar refractivity (Wildman–Crippen MR) is 116 cm³/mol. The number of hydrogen-bond donors (Lipinski definition) is 1. The molecule has 1 aliphatic heterocycles. The van der Waals surface area contributed by atoms with Crippen LogP contribution in [0.1, 0.15) is 37.7 Å². The Morgan fingerprint density at radius 1 is 1.16 bits per heavy atom. The van der Waals surface area contributed by atoms with Gasteiger partial charge in [0.05, 0.1) is 18.3 Å². The van der Waals surface area contributed by atoms with Gasteiger partial charge >= 0.3 is 18.3 Å². The molecule has 2 atom stereocenters. The lowest BCUT2D eigenvalue weighted by Gasteiger charge is -2.32. The number of carbonyl (C=O) groups is 1. The zero-order chi connectivity index (χ0) is 26.6. The molecule has 1 aromatic carbocycles. The maximum Gasteiger partial charge on any atom is 0.493 e. The van der Waals surface area contributed by atoms with Crippen LogP contribution < -0.4 is 14.9 Å². The van der Waals surface area contributed by atoms with E-state index in [9.17, 15) is 31.1 Å². The number of nitrogens with one attached hydrogen (secondary N) is 1. The smallest absolute Gasteiger partial charge is 0.471 e. The molecule has 1 spiro atoms. The molecule has 0 amide bonds. The van der Waals surface area contributed by atoms with E-state index in [-0.39, 0.29) is 45.3 Å². The summed E-state index contributed by atoms with van der Waals surface area (Å²) >= 11 is 0. The van der Waals surface area contributed by atoms with Crippen LogP contribution in [-0.4, -0.2) is 57.4 Å². The Bertz CT molecular complexity index is 1330. The fourth-order valence-corrected chi connectivity index (χ4v) is 4.47. The third kappa shape index (κ3) is 4.93. The topological polar surface area (TPSA) is 91.2 Å². The van der Waals surface area contributed by atoms with Gasteiger partial charge in [0, 0.05) is 17.3 Å². The Balaban J connectivity index is 1.55. The van der Waals surface area contributed by atoms with Gasteiger partial charge in [-0.15, -0.1) is 5.10 Å². The minimum atomic E-state index is -5.32. The van der Waals surface area contributed by atoms with E-state index in [2.05, 4.69) is 25.2 Å². The largest absolute Gasteiger partial charge is 0.493 e. The molecule has 1 saturated heterocycles. The van der Waals surface area contributed by atoms with Crippen molar-refractivity contribution in [3.8, 4) is 17.3 Å². The van der Waals surface area contributed by atoms with Crippen molar-refractivity contribution < 1.29 is 40.7 Å². The number of ether oxygens (including phenoxy) is 1. The van der Waals surface area contributed by atoms with Crippen molar-refractivity contribution in [2.75, 3.05) is 13.1 Å². The number of carbonyl (C=O) groups excluding carboxylic acids is 1. The Morgan fingerprint density at radius 2 is 1.92 bits per heavy atom. The number of benzene rings is 1. The molecule has 2 fully saturated rings. The maximum absolute atomic E-state index is 13.4. The van der Waals surface area contributed by atoms with E-state index < -0.39 is 24.2 Å². The Morgan fingerprint density at radius 3 is 2.59 bits per heavy atom. The molecule has 14 heteroatoms. The van der Waals surface area contributed by atoms with E-state index in [0.717, 1.165) is 50.9 Å². The summed E-state index contributed by atoms with van der Waals surface area (Å²) in [6.07, 6.45) is -4.43. The second kappa shape index (κ2) is 8.85. The number of alkyl halides is 6. The highest BCUT2D eigenvalue weighted by Crippen LogP contribution is 2.53. The lowest BCUT2D eigenvalue weighted by Crippen LogP contribution is -2.45. The van der Waals surface area contributed by atoms with Crippen LogP contribution in [0.15, 0.2) is 30.6 Å². The van der Waals surface area contributed by atoms with E-state index in [1.165, 1.54) is 12.4 Å². The molecule has 8 nitrogen and oxygen atoms in total. The van der Waals surface area contributed by atoms with Crippen molar-refractivity contribution >= 4 is 16.9 Å². The second-order valence-corrected chi connectivity index (χ2v) is 9.30. The highest BCUT2D eigenvalue weighted by molar-refractivity contribution is 5.93. The molecule has 3 heterocycles. The van der Waals surface area contributed by atoms with Crippen LogP contribution >= 0.6 is 0 Å². The fraction of sp³-hybridized carbons (Fsp3) is 0.478. The third-order valence-corrected chi connectivity index (χ3v) is 6.89. The summed E-state index contributed by atoms with van der Waals surface area (Å²) in [5.41, 5.74) is -0.359. The maximum atomic E-state index is 13.4. The van der Waals surface area contributed by atoms with E-state index >= 15 is 0 Å². The molecule has 37 heavy (non-hydrogen) atoms. The quantitative estimate of drug-likeness (QED) is 0.496. The predicted octanol–water partition coefficient (Wildman–Crippen LogP) is 4.20. The summed E-state index contributed by atoms with van der Waals surface area (Å²) in [6.45, 7) is 2.44. The molecule has 1 unspecified atom stereocenters. The minimum absolute atomic E-state index is 0.00646. The van der Waals surface area contributed by atoms with Crippen molar-refractivity contribution in [1.82, 2.24) is 25.2 Å². The van der Waals surface area contributed by atoms with Gasteiger partial charge in [-0.05, 0) is 50.4 Å². The van der Waals surface area contributed by atoms with E-state index in [0.29, 0.717) is 11.4 Å². The summed E-state index contributed by atoms with van der Waals surface area (Å²) in [5, 5.41) is 7.18. The van der Waals surface area contributed by atoms with Gasteiger partial charge < -0.3 is 14.9 Å². The van der Waals surface area contributed by atoms with E-state index in [4.69, 9.17) is 4.74 Å². The van der Waals surface area contributed by atoms with Gasteiger partial charge in [-0.25, -0.2) is 9.78 Å². The Kier molecular flexibility index (Phi) is 6.04. The first-order valence-electron chi connectivity index (χ1n) is 11.5. The molecular weight excluding hydrogens is 508 g/mol.